The molecule has 0 atom stereocenters. The average Bonchev–Trinajstić information content (AvgIpc) is 2.52. The van der Waals surface area contributed by atoms with E-state index in [1.807, 2.05) is 0 Å². The van der Waals surface area contributed by atoms with Gasteiger partial charge in [0.25, 0.3) is 11.4 Å². The summed E-state index contributed by atoms with van der Waals surface area (Å²) in [5.74, 6) is 0. The van der Waals surface area contributed by atoms with Gasteiger partial charge in [0.05, 0.1) is 9.85 Å². The van der Waals surface area contributed by atoms with E-state index in [0.717, 1.165) is 5.56 Å². The quantitative estimate of drug-likeness (QED) is 0.648. The largest absolute Gasteiger partial charge is 0.381 e. The SMILES string of the molecule is CN(C)c1ccc(CNc2ccc([N+](=O)[O-])cc2)cc1[N+](=O)[O-]. The van der Waals surface area contributed by atoms with Gasteiger partial charge >= 0.3 is 0 Å². The zero-order chi connectivity index (χ0) is 17.0. The minimum atomic E-state index is -0.465. The monoisotopic (exact) mass is 316 g/mol. The lowest BCUT2D eigenvalue weighted by molar-refractivity contribution is -0.384. The minimum absolute atomic E-state index is 0.0153. The molecule has 8 nitrogen and oxygen atoms in total. The van der Waals surface area contributed by atoms with Crippen LogP contribution in [-0.4, -0.2) is 23.9 Å². The van der Waals surface area contributed by atoms with Crippen molar-refractivity contribution in [2.24, 2.45) is 0 Å². The topological polar surface area (TPSA) is 102 Å². The lowest BCUT2D eigenvalue weighted by Crippen LogP contribution is -2.11. The number of nitrogens with zero attached hydrogens (tertiary/aromatic N) is 3. The number of anilines is 2. The van der Waals surface area contributed by atoms with Gasteiger partial charge in [-0.05, 0) is 23.8 Å². The first-order valence-electron chi connectivity index (χ1n) is 6.81. The molecule has 0 aliphatic heterocycles. The van der Waals surface area contributed by atoms with Crippen LogP contribution in [0, 0.1) is 20.2 Å². The molecular weight excluding hydrogens is 300 g/mol. The Balaban J connectivity index is 2.12. The van der Waals surface area contributed by atoms with Crippen LogP contribution in [0.3, 0.4) is 0 Å². The Hall–Kier alpha value is -3.16. The molecule has 0 amide bonds. The second kappa shape index (κ2) is 6.73. The molecule has 0 fully saturated rings. The zero-order valence-electron chi connectivity index (χ0n) is 12.7. The highest BCUT2D eigenvalue weighted by Gasteiger charge is 2.16. The molecule has 1 N–H and O–H groups in total. The van der Waals surface area contributed by atoms with E-state index in [1.165, 1.54) is 18.2 Å². The Bertz CT molecular complexity index is 729. The Morgan fingerprint density at radius 2 is 1.65 bits per heavy atom. The summed E-state index contributed by atoms with van der Waals surface area (Å²) in [6.45, 7) is 0.381. The summed E-state index contributed by atoms with van der Waals surface area (Å²) in [5.41, 5.74) is 2.05. The van der Waals surface area contributed by atoms with Gasteiger partial charge in [-0.25, -0.2) is 0 Å². The Labute approximate surface area is 132 Å². The molecule has 2 rings (SSSR count). The number of benzene rings is 2. The predicted octanol–water partition coefficient (Wildman–Crippen LogP) is 3.18. The second-order valence-corrected chi connectivity index (χ2v) is 5.13. The van der Waals surface area contributed by atoms with Gasteiger partial charge in [0.15, 0.2) is 0 Å². The smallest absolute Gasteiger partial charge is 0.292 e. The molecule has 2 aromatic rings. The number of nitro groups is 2. The molecule has 0 saturated heterocycles. The molecule has 0 bridgehead atoms. The minimum Gasteiger partial charge on any atom is -0.381 e. The Morgan fingerprint density at radius 1 is 1.00 bits per heavy atom. The highest BCUT2D eigenvalue weighted by atomic mass is 16.6. The Kier molecular flexibility index (Phi) is 4.75. The summed E-state index contributed by atoms with van der Waals surface area (Å²) in [4.78, 5) is 22.6. The number of hydrogen-bond acceptors (Lipinski definition) is 6. The maximum absolute atomic E-state index is 11.1. The molecular formula is C15H16N4O4. The van der Waals surface area contributed by atoms with Crippen LogP contribution in [0.25, 0.3) is 0 Å². The summed E-state index contributed by atoms with van der Waals surface area (Å²) in [6, 6.07) is 11.0. The first-order valence-corrected chi connectivity index (χ1v) is 6.81. The molecule has 8 heteroatoms. The average molecular weight is 316 g/mol. The van der Waals surface area contributed by atoms with Gasteiger partial charge in [-0.3, -0.25) is 20.2 Å². The van der Waals surface area contributed by atoms with Crippen LogP contribution in [0.4, 0.5) is 22.7 Å². The van der Waals surface area contributed by atoms with Crippen molar-refractivity contribution in [3.8, 4) is 0 Å². The van der Waals surface area contributed by atoms with Crippen molar-refractivity contribution in [1.29, 1.82) is 0 Å². The lowest BCUT2D eigenvalue weighted by atomic mass is 10.1. The molecule has 0 aromatic heterocycles. The number of rotatable bonds is 6. The normalized spacial score (nSPS) is 10.2. The van der Waals surface area contributed by atoms with Gasteiger partial charge in [0.1, 0.15) is 5.69 Å². The molecule has 0 spiro atoms. The summed E-state index contributed by atoms with van der Waals surface area (Å²) in [5, 5.41) is 24.8. The van der Waals surface area contributed by atoms with Gasteiger partial charge in [-0.2, -0.15) is 0 Å². The predicted molar refractivity (Wildman–Crippen MR) is 87.8 cm³/mol. The van der Waals surface area contributed by atoms with Crippen LogP contribution in [0.2, 0.25) is 0 Å². The maximum Gasteiger partial charge on any atom is 0.292 e. The van der Waals surface area contributed by atoms with E-state index in [0.29, 0.717) is 17.9 Å². The fourth-order valence-electron chi connectivity index (χ4n) is 2.11. The molecule has 23 heavy (non-hydrogen) atoms. The molecule has 120 valence electrons. The molecule has 0 saturated carbocycles. The van der Waals surface area contributed by atoms with Gasteiger partial charge in [0, 0.05) is 44.5 Å². The summed E-state index contributed by atoms with van der Waals surface area (Å²) in [7, 11) is 3.49. The van der Waals surface area contributed by atoms with Crippen LogP contribution < -0.4 is 10.2 Å². The van der Waals surface area contributed by atoms with Crippen molar-refractivity contribution in [2.75, 3.05) is 24.3 Å². The number of non-ortho nitro benzene ring substituents is 1. The first-order chi connectivity index (χ1) is 10.9. The maximum atomic E-state index is 11.1. The first kappa shape index (κ1) is 16.2. The summed E-state index contributed by atoms with van der Waals surface area (Å²) in [6.07, 6.45) is 0. The van der Waals surface area contributed by atoms with Crippen LogP contribution in [0.5, 0.6) is 0 Å². The summed E-state index contributed by atoms with van der Waals surface area (Å²) >= 11 is 0. The second-order valence-electron chi connectivity index (χ2n) is 5.13. The third kappa shape index (κ3) is 3.94. The van der Waals surface area contributed by atoms with Gasteiger partial charge in [-0.1, -0.05) is 6.07 Å². The van der Waals surface area contributed by atoms with Gasteiger partial charge < -0.3 is 10.2 Å². The number of nitro benzene ring substituents is 2. The van der Waals surface area contributed by atoms with Crippen LogP contribution in [-0.2, 0) is 6.54 Å². The third-order valence-corrected chi connectivity index (χ3v) is 3.29. The van der Waals surface area contributed by atoms with E-state index in [4.69, 9.17) is 0 Å². The van der Waals surface area contributed by atoms with Crippen LogP contribution in [0.15, 0.2) is 42.5 Å². The molecule has 0 radical (unpaired) electrons. The molecule has 0 aliphatic carbocycles. The third-order valence-electron chi connectivity index (χ3n) is 3.29. The van der Waals surface area contributed by atoms with Crippen molar-refractivity contribution in [3.05, 3.63) is 68.3 Å². The molecule has 0 aliphatic rings. The Morgan fingerprint density at radius 3 is 2.17 bits per heavy atom. The van der Waals surface area contributed by atoms with Crippen molar-refractivity contribution < 1.29 is 9.85 Å². The van der Waals surface area contributed by atoms with Crippen molar-refractivity contribution >= 4 is 22.7 Å². The fourth-order valence-corrected chi connectivity index (χ4v) is 2.11. The van der Waals surface area contributed by atoms with Gasteiger partial charge in [0.2, 0.25) is 0 Å². The summed E-state index contributed by atoms with van der Waals surface area (Å²) < 4.78 is 0. The number of hydrogen-bond donors (Lipinski definition) is 1. The standard InChI is InChI=1S/C15H16N4O4/c1-17(2)14-8-3-11(9-15(14)19(22)23)10-16-12-4-6-13(7-5-12)18(20)21/h3-9,16H,10H2,1-2H3. The van der Waals surface area contributed by atoms with Crippen LogP contribution in [0.1, 0.15) is 5.56 Å². The fraction of sp³-hybridized carbons (Fsp3) is 0.200. The van der Waals surface area contributed by atoms with E-state index < -0.39 is 9.85 Å². The van der Waals surface area contributed by atoms with E-state index in [1.54, 1.807) is 43.3 Å². The zero-order valence-corrected chi connectivity index (χ0v) is 12.7. The van der Waals surface area contributed by atoms with Crippen LogP contribution >= 0.6 is 0 Å². The highest BCUT2D eigenvalue weighted by Crippen LogP contribution is 2.28. The number of nitrogens with one attached hydrogen (secondary N) is 1. The van der Waals surface area contributed by atoms with Gasteiger partial charge in [-0.15, -0.1) is 0 Å². The van der Waals surface area contributed by atoms with E-state index >= 15 is 0 Å². The van der Waals surface area contributed by atoms with E-state index in [-0.39, 0.29) is 11.4 Å². The van der Waals surface area contributed by atoms with E-state index in [2.05, 4.69) is 5.32 Å². The molecule has 0 heterocycles. The lowest BCUT2D eigenvalue weighted by Gasteiger charge is -2.14. The van der Waals surface area contributed by atoms with Crippen molar-refractivity contribution in [1.82, 2.24) is 0 Å². The molecule has 0 unspecified atom stereocenters. The molecule has 2 aromatic carbocycles. The van der Waals surface area contributed by atoms with Crippen molar-refractivity contribution in [3.63, 3.8) is 0 Å². The van der Waals surface area contributed by atoms with E-state index in [9.17, 15) is 20.2 Å². The van der Waals surface area contributed by atoms with Crippen molar-refractivity contribution in [2.45, 2.75) is 6.54 Å². The highest BCUT2D eigenvalue weighted by molar-refractivity contribution is 5.63.